The molecule has 1 fully saturated rings. The van der Waals surface area contributed by atoms with E-state index in [2.05, 4.69) is 38.0 Å². The molecule has 1 heterocycles. The van der Waals surface area contributed by atoms with E-state index < -0.39 is 0 Å². The van der Waals surface area contributed by atoms with Crippen molar-refractivity contribution in [2.75, 3.05) is 38.3 Å². The zero-order valence-corrected chi connectivity index (χ0v) is 20.1. The van der Waals surface area contributed by atoms with Gasteiger partial charge in [-0.05, 0) is 64.0 Å². The summed E-state index contributed by atoms with van der Waals surface area (Å²) in [5, 5.41) is 0.672. The second-order valence-corrected chi connectivity index (χ2v) is 8.55. The maximum atomic E-state index is 6.23. The van der Waals surface area contributed by atoms with Gasteiger partial charge in [-0.25, -0.2) is 0 Å². The second kappa shape index (κ2) is 10.9. The minimum atomic E-state index is 0.345. The van der Waals surface area contributed by atoms with Crippen LogP contribution in [0.5, 0.6) is 11.5 Å². The van der Waals surface area contributed by atoms with Crippen molar-refractivity contribution in [1.29, 1.82) is 0 Å². The van der Waals surface area contributed by atoms with Crippen molar-refractivity contribution in [3.8, 4) is 11.5 Å². The second-order valence-electron chi connectivity index (χ2n) is 7.29. The predicted molar refractivity (Wildman–Crippen MR) is 133 cm³/mol. The number of rotatable bonds is 7. The van der Waals surface area contributed by atoms with Crippen LogP contribution in [0.25, 0.3) is 0 Å². The van der Waals surface area contributed by atoms with Crippen molar-refractivity contribution < 1.29 is 14.2 Å². The molecule has 7 heteroatoms. The summed E-state index contributed by atoms with van der Waals surface area (Å²) in [7, 11) is 1.62. The highest BCUT2D eigenvalue weighted by Gasteiger charge is 2.13. The highest BCUT2D eigenvalue weighted by molar-refractivity contribution is 9.10. The van der Waals surface area contributed by atoms with E-state index in [9.17, 15) is 0 Å². The summed E-state index contributed by atoms with van der Waals surface area (Å²) in [4.78, 5) is 6.93. The van der Waals surface area contributed by atoms with Crippen LogP contribution in [0, 0.1) is 0 Å². The molecule has 3 aromatic carbocycles. The molecule has 1 aliphatic rings. The van der Waals surface area contributed by atoms with Crippen LogP contribution in [-0.4, -0.2) is 39.6 Å². The Morgan fingerprint density at radius 1 is 1.09 bits per heavy atom. The van der Waals surface area contributed by atoms with Gasteiger partial charge in [-0.3, -0.25) is 4.99 Å². The topological polar surface area (TPSA) is 43.3 Å². The van der Waals surface area contributed by atoms with Crippen LogP contribution in [0.15, 0.2) is 70.1 Å². The minimum Gasteiger partial charge on any atom is -0.493 e. The van der Waals surface area contributed by atoms with Crippen LogP contribution in [0.1, 0.15) is 11.1 Å². The molecule has 0 N–H and O–H groups in total. The van der Waals surface area contributed by atoms with Crippen molar-refractivity contribution in [3.63, 3.8) is 0 Å². The number of morpholine rings is 1. The summed E-state index contributed by atoms with van der Waals surface area (Å²) in [5.41, 5.74) is 3.89. The summed E-state index contributed by atoms with van der Waals surface area (Å²) in [6.45, 7) is 3.73. The molecule has 0 radical (unpaired) electrons. The van der Waals surface area contributed by atoms with Crippen LogP contribution in [0.4, 0.5) is 11.4 Å². The number of methoxy groups -OCH3 is 1. The molecule has 0 unspecified atom stereocenters. The number of hydrogen-bond donors (Lipinski definition) is 0. The molecule has 1 aliphatic heterocycles. The third-order valence-electron chi connectivity index (χ3n) is 5.17. The molecule has 0 aliphatic carbocycles. The lowest BCUT2D eigenvalue weighted by Gasteiger charge is -2.28. The van der Waals surface area contributed by atoms with E-state index in [4.69, 9.17) is 25.8 Å². The Bertz CT molecular complexity index is 1080. The Hall–Kier alpha value is -2.54. The van der Waals surface area contributed by atoms with E-state index in [0.29, 0.717) is 23.1 Å². The number of ether oxygens (including phenoxy) is 3. The molecule has 0 atom stereocenters. The Kier molecular flexibility index (Phi) is 7.68. The van der Waals surface area contributed by atoms with Gasteiger partial charge in [0.15, 0.2) is 11.5 Å². The van der Waals surface area contributed by atoms with Gasteiger partial charge in [-0.15, -0.1) is 0 Å². The molecule has 166 valence electrons. The maximum absolute atomic E-state index is 6.23. The Morgan fingerprint density at radius 3 is 2.56 bits per heavy atom. The summed E-state index contributed by atoms with van der Waals surface area (Å²) in [6.07, 6.45) is 1.81. The Balaban J connectivity index is 1.46. The number of benzene rings is 3. The van der Waals surface area contributed by atoms with Crippen LogP contribution in [-0.2, 0) is 11.3 Å². The fourth-order valence-corrected chi connectivity index (χ4v) is 4.20. The van der Waals surface area contributed by atoms with Crippen molar-refractivity contribution in [2.45, 2.75) is 6.61 Å². The smallest absolute Gasteiger partial charge is 0.175 e. The predicted octanol–water partition coefficient (Wildman–Crippen LogP) is 6.28. The lowest BCUT2D eigenvalue weighted by Crippen LogP contribution is -2.36. The van der Waals surface area contributed by atoms with Gasteiger partial charge >= 0.3 is 0 Å². The lowest BCUT2D eigenvalue weighted by molar-refractivity contribution is 0.122. The number of hydrogen-bond acceptors (Lipinski definition) is 5. The van der Waals surface area contributed by atoms with Crippen LogP contribution in [0.3, 0.4) is 0 Å². The molecule has 0 spiro atoms. The summed E-state index contributed by atoms with van der Waals surface area (Å²) in [5.74, 6) is 1.25. The fourth-order valence-electron chi connectivity index (χ4n) is 3.44. The van der Waals surface area contributed by atoms with Gasteiger partial charge in [-0.2, -0.15) is 0 Å². The monoisotopic (exact) mass is 514 g/mol. The Morgan fingerprint density at radius 2 is 1.84 bits per heavy atom. The van der Waals surface area contributed by atoms with E-state index >= 15 is 0 Å². The molecule has 0 saturated carbocycles. The molecule has 32 heavy (non-hydrogen) atoms. The zero-order chi connectivity index (χ0) is 22.3. The van der Waals surface area contributed by atoms with Gasteiger partial charge in [-0.1, -0.05) is 29.8 Å². The van der Waals surface area contributed by atoms with Crippen LogP contribution in [0.2, 0.25) is 5.02 Å². The van der Waals surface area contributed by atoms with Gasteiger partial charge in [0, 0.05) is 35.6 Å². The van der Waals surface area contributed by atoms with Gasteiger partial charge in [0.05, 0.1) is 30.5 Å². The van der Waals surface area contributed by atoms with Gasteiger partial charge in [0.2, 0.25) is 0 Å². The first-order valence-electron chi connectivity index (χ1n) is 10.3. The molecular formula is C25H24BrClN2O3. The molecular weight excluding hydrogens is 492 g/mol. The van der Waals surface area contributed by atoms with Crippen molar-refractivity contribution >= 4 is 45.1 Å². The molecule has 0 aromatic heterocycles. The van der Waals surface area contributed by atoms with E-state index in [1.54, 1.807) is 7.11 Å². The number of nitrogens with zero attached hydrogens (tertiary/aromatic N) is 2. The quantitative estimate of drug-likeness (QED) is 0.348. The van der Waals surface area contributed by atoms with Crippen molar-refractivity contribution in [1.82, 2.24) is 0 Å². The zero-order valence-electron chi connectivity index (χ0n) is 17.8. The normalized spacial score (nSPS) is 14.0. The third kappa shape index (κ3) is 5.63. The van der Waals surface area contributed by atoms with E-state index in [1.165, 1.54) is 5.69 Å². The standard InChI is InChI=1S/C25H24BrClN2O3/c1-30-24-15-18(14-22(26)25(24)32-17-19-4-2-3-5-23(19)27)16-28-20-6-8-21(9-7-20)29-10-12-31-13-11-29/h2-9,14-16H,10-13,17H2,1H3. The average molecular weight is 516 g/mol. The number of anilines is 1. The fraction of sp³-hybridized carbons (Fsp3) is 0.240. The highest BCUT2D eigenvalue weighted by Crippen LogP contribution is 2.37. The third-order valence-corrected chi connectivity index (χ3v) is 6.13. The van der Waals surface area contributed by atoms with Crippen molar-refractivity contribution in [3.05, 3.63) is 81.3 Å². The summed E-state index contributed by atoms with van der Waals surface area (Å²) >= 11 is 9.83. The van der Waals surface area contributed by atoms with E-state index in [0.717, 1.165) is 47.6 Å². The van der Waals surface area contributed by atoms with Gasteiger partial charge < -0.3 is 19.1 Å². The van der Waals surface area contributed by atoms with E-state index in [1.807, 2.05) is 54.7 Å². The summed E-state index contributed by atoms with van der Waals surface area (Å²) in [6, 6.07) is 19.7. The first-order chi connectivity index (χ1) is 15.6. The highest BCUT2D eigenvalue weighted by atomic mass is 79.9. The maximum Gasteiger partial charge on any atom is 0.175 e. The first kappa shape index (κ1) is 22.6. The molecule has 0 bridgehead atoms. The van der Waals surface area contributed by atoms with Gasteiger partial charge in [0.1, 0.15) is 6.61 Å². The van der Waals surface area contributed by atoms with Gasteiger partial charge in [0.25, 0.3) is 0 Å². The SMILES string of the molecule is COc1cc(C=Nc2ccc(N3CCOCC3)cc2)cc(Br)c1OCc1ccccc1Cl. The minimum absolute atomic E-state index is 0.345. The number of halogens is 2. The largest absolute Gasteiger partial charge is 0.493 e. The van der Waals surface area contributed by atoms with Crippen LogP contribution < -0.4 is 14.4 Å². The van der Waals surface area contributed by atoms with Crippen molar-refractivity contribution in [2.24, 2.45) is 4.99 Å². The Labute approximate surface area is 201 Å². The van der Waals surface area contributed by atoms with Crippen LogP contribution >= 0.6 is 27.5 Å². The average Bonchev–Trinajstić information content (AvgIpc) is 2.83. The first-order valence-corrected chi connectivity index (χ1v) is 11.5. The molecule has 4 rings (SSSR count). The lowest BCUT2D eigenvalue weighted by atomic mass is 10.2. The van der Waals surface area contributed by atoms with E-state index in [-0.39, 0.29) is 0 Å². The molecule has 0 amide bonds. The number of aliphatic imine (C=N–C) groups is 1. The molecule has 1 saturated heterocycles. The molecule has 5 nitrogen and oxygen atoms in total. The summed E-state index contributed by atoms with van der Waals surface area (Å²) < 4.78 is 17.8. The molecule has 3 aromatic rings.